The van der Waals surface area contributed by atoms with E-state index in [1.807, 2.05) is 12.1 Å². The number of rotatable bonds is 5. The van der Waals surface area contributed by atoms with Crippen LogP contribution in [0, 0.1) is 5.92 Å². The first-order valence-electron chi connectivity index (χ1n) is 7.01. The van der Waals surface area contributed by atoms with E-state index < -0.39 is 5.97 Å². The molecule has 1 fully saturated rings. The van der Waals surface area contributed by atoms with Crippen molar-refractivity contribution in [3.63, 3.8) is 0 Å². The lowest BCUT2D eigenvalue weighted by Gasteiger charge is -2.06. The normalized spacial score (nSPS) is 19.4. The highest BCUT2D eigenvalue weighted by molar-refractivity contribution is 6.42. The van der Waals surface area contributed by atoms with E-state index in [-0.39, 0.29) is 30.0 Å². The second kappa shape index (κ2) is 6.26. The molecule has 1 aliphatic carbocycles. The van der Waals surface area contributed by atoms with Gasteiger partial charge in [0.15, 0.2) is 0 Å². The van der Waals surface area contributed by atoms with Crippen molar-refractivity contribution in [2.24, 2.45) is 5.92 Å². The van der Waals surface area contributed by atoms with Gasteiger partial charge in [0, 0.05) is 5.92 Å². The quantitative estimate of drug-likeness (QED) is 0.858. The van der Waals surface area contributed by atoms with Gasteiger partial charge in [0.25, 0.3) is 0 Å². The molecule has 0 spiro atoms. The number of amides is 1. The summed E-state index contributed by atoms with van der Waals surface area (Å²) in [5, 5.41) is 12.5. The molecule has 3 rings (SSSR count). The SMILES string of the molecule is O=C(O)c1ccc(CNC(=O)[C@@H]2C[C@H]2c2cccc(Cl)c2Cl)o1. The highest BCUT2D eigenvalue weighted by Gasteiger charge is 2.45. The third kappa shape index (κ3) is 3.35. The van der Waals surface area contributed by atoms with E-state index in [9.17, 15) is 9.59 Å². The maximum Gasteiger partial charge on any atom is 0.371 e. The lowest BCUT2D eigenvalue weighted by Crippen LogP contribution is -2.24. The van der Waals surface area contributed by atoms with Crippen LogP contribution < -0.4 is 5.32 Å². The number of benzene rings is 1. The van der Waals surface area contributed by atoms with Gasteiger partial charge in [-0.1, -0.05) is 35.3 Å². The molecule has 5 nitrogen and oxygen atoms in total. The Bertz CT molecular complexity index is 771. The minimum absolute atomic E-state index is 0.0624. The van der Waals surface area contributed by atoms with Crippen molar-refractivity contribution in [3.8, 4) is 0 Å². The molecular formula is C16H13Cl2NO4. The first-order chi connectivity index (χ1) is 11.0. The molecular weight excluding hydrogens is 341 g/mol. The molecule has 1 amide bonds. The Morgan fingerprint density at radius 3 is 2.74 bits per heavy atom. The topological polar surface area (TPSA) is 79.5 Å². The van der Waals surface area contributed by atoms with Crippen LogP contribution in [0.1, 0.15) is 34.2 Å². The second-order valence-electron chi connectivity index (χ2n) is 5.38. The Kier molecular flexibility index (Phi) is 4.33. The molecule has 1 aliphatic rings. The molecule has 2 N–H and O–H groups in total. The number of carboxylic acids is 1. The predicted molar refractivity (Wildman–Crippen MR) is 84.8 cm³/mol. The van der Waals surface area contributed by atoms with E-state index in [1.54, 1.807) is 6.07 Å². The molecule has 1 aromatic carbocycles. The second-order valence-corrected chi connectivity index (χ2v) is 6.17. The largest absolute Gasteiger partial charge is 0.475 e. The van der Waals surface area contributed by atoms with Crippen molar-refractivity contribution in [3.05, 3.63) is 57.5 Å². The van der Waals surface area contributed by atoms with Crippen molar-refractivity contribution in [1.82, 2.24) is 5.32 Å². The van der Waals surface area contributed by atoms with Crippen molar-refractivity contribution in [2.75, 3.05) is 0 Å². The molecule has 0 aliphatic heterocycles. The molecule has 1 aromatic heterocycles. The van der Waals surface area contributed by atoms with Gasteiger partial charge < -0.3 is 14.8 Å². The van der Waals surface area contributed by atoms with Gasteiger partial charge in [-0.3, -0.25) is 4.79 Å². The molecule has 0 bridgehead atoms. The van der Waals surface area contributed by atoms with Crippen LogP contribution >= 0.6 is 23.2 Å². The fourth-order valence-electron chi connectivity index (χ4n) is 2.53. The summed E-state index contributed by atoms with van der Waals surface area (Å²) in [7, 11) is 0. The Morgan fingerprint density at radius 2 is 2.04 bits per heavy atom. The molecule has 0 saturated heterocycles. The Morgan fingerprint density at radius 1 is 1.26 bits per heavy atom. The zero-order valence-corrected chi connectivity index (χ0v) is 13.4. The van der Waals surface area contributed by atoms with E-state index >= 15 is 0 Å². The highest BCUT2D eigenvalue weighted by atomic mass is 35.5. The molecule has 0 unspecified atom stereocenters. The van der Waals surface area contributed by atoms with Crippen LogP contribution in [0.2, 0.25) is 10.0 Å². The lowest BCUT2D eigenvalue weighted by atomic mass is 10.1. The summed E-state index contributed by atoms with van der Waals surface area (Å²) in [5.74, 6) is -1.09. The summed E-state index contributed by atoms with van der Waals surface area (Å²) in [6, 6.07) is 8.28. The maximum absolute atomic E-state index is 12.2. The van der Waals surface area contributed by atoms with Crippen molar-refractivity contribution in [1.29, 1.82) is 0 Å². The average molecular weight is 354 g/mol. The maximum atomic E-state index is 12.2. The smallest absolute Gasteiger partial charge is 0.371 e. The van der Waals surface area contributed by atoms with Gasteiger partial charge in [-0.05, 0) is 36.1 Å². The van der Waals surface area contributed by atoms with Crippen LogP contribution in [0.25, 0.3) is 0 Å². The van der Waals surface area contributed by atoms with E-state index in [1.165, 1.54) is 12.1 Å². The predicted octanol–water partition coefficient (Wildman–Crippen LogP) is 3.70. The van der Waals surface area contributed by atoms with Gasteiger partial charge >= 0.3 is 5.97 Å². The number of halogens is 2. The zero-order valence-electron chi connectivity index (χ0n) is 11.9. The van der Waals surface area contributed by atoms with Crippen LogP contribution in [0.15, 0.2) is 34.7 Å². The molecule has 7 heteroatoms. The molecule has 23 heavy (non-hydrogen) atoms. The first kappa shape index (κ1) is 15.9. The van der Waals surface area contributed by atoms with Crippen molar-refractivity contribution < 1.29 is 19.1 Å². The van der Waals surface area contributed by atoms with E-state index in [2.05, 4.69) is 5.32 Å². The summed E-state index contributed by atoms with van der Waals surface area (Å²) in [5.41, 5.74) is 0.880. The van der Waals surface area contributed by atoms with Crippen molar-refractivity contribution in [2.45, 2.75) is 18.9 Å². The Labute approximate surface area is 142 Å². The molecule has 120 valence electrons. The number of furan rings is 1. The van der Waals surface area contributed by atoms with Gasteiger partial charge in [-0.25, -0.2) is 4.79 Å². The summed E-state index contributed by atoms with van der Waals surface area (Å²) < 4.78 is 5.09. The lowest BCUT2D eigenvalue weighted by molar-refractivity contribution is -0.122. The summed E-state index contributed by atoms with van der Waals surface area (Å²) in [6.07, 6.45) is 0.713. The Balaban J connectivity index is 1.58. The van der Waals surface area contributed by atoms with Crippen LogP contribution in [0.5, 0.6) is 0 Å². The number of hydrogen-bond donors (Lipinski definition) is 2. The van der Waals surface area contributed by atoms with Crippen LogP contribution in [-0.4, -0.2) is 17.0 Å². The number of nitrogens with one attached hydrogen (secondary N) is 1. The molecule has 1 heterocycles. The molecule has 0 radical (unpaired) electrons. The number of carbonyl (C=O) groups is 2. The average Bonchev–Trinajstić information content (AvgIpc) is 3.16. The molecule has 2 atom stereocenters. The Hall–Kier alpha value is -1.98. The number of carboxylic acid groups (broad SMARTS) is 1. The number of aromatic carboxylic acids is 1. The molecule has 2 aromatic rings. The third-order valence-electron chi connectivity index (χ3n) is 3.82. The van der Waals surface area contributed by atoms with Crippen LogP contribution in [0.4, 0.5) is 0 Å². The standard InChI is InChI=1S/C16H13Cl2NO4/c17-12-3-1-2-9(14(12)18)10-6-11(10)15(20)19-7-8-4-5-13(23-8)16(21)22/h1-5,10-11H,6-7H2,(H,19,20)(H,21,22)/t10-,11+/m0/s1. The van der Waals surface area contributed by atoms with Gasteiger partial charge in [0.1, 0.15) is 5.76 Å². The summed E-state index contributed by atoms with van der Waals surface area (Å²) in [6.45, 7) is 0.151. The van der Waals surface area contributed by atoms with E-state index in [4.69, 9.17) is 32.7 Å². The molecule has 1 saturated carbocycles. The fraction of sp³-hybridized carbons (Fsp3) is 0.250. The van der Waals surface area contributed by atoms with E-state index in [0.29, 0.717) is 22.2 Å². The minimum Gasteiger partial charge on any atom is -0.475 e. The summed E-state index contributed by atoms with van der Waals surface area (Å²) >= 11 is 12.2. The van der Waals surface area contributed by atoms with Gasteiger partial charge in [-0.2, -0.15) is 0 Å². The zero-order chi connectivity index (χ0) is 16.6. The van der Waals surface area contributed by atoms with Gasteiger partial charge in [0.05, 0.1) is 16.6 Å². The van der Waals surface area contributed by atoms with Crippen LogP contribution in [0.3, 0.4) is 0 Å². The number of hydrogen-bond acceptors (Lipinski definition) is 3. The van der Waals surface area contributed by atoms with E-state index in [0.717, 1.165) is 5.56 Å². The highest BCUT2D eigenvalue weighted by Crippen LogP contribution is 2.50. The van der Waals surface area contributed by atoms with Crippen molar-refractivity contribution >= 4 is 35.1 Å². The minimum atomic E-state index is -1.14. The van der Waals surface area contributed by atoms with Gasteiger partial charge in [0.2, 0.25) is 11.7 Å². The third-order valence-corrected chi connectivity index (χ3v) is 4.65. The van der Waals surface area contributed by atoms with Crippen LogP contribution in [-0.2, 0) is 11.3 Å². The van der Waals surface area contributed by atoms with Gasteiger partial charge in [-0.15, -0.1) is 0 Å². The fourth-order valence-corrected chi connectivity index (χ4v) is 2.98. The monoisotopic (exact) mass is 353 g/mol. The first-order valence-corrected chi connectivity index (χ1v) is 7.76. The number of carbonyl (C=O) groups excluding carboxylic acids is 1. The summed E-state index contributed by atoms with van der Waals surface area (Å²) in [4.78, 5) is 22.9.